The van der Waals surface area contributed by atoms with Crippen molar-refractivity contribution >= 4 is 12.7 Å². The molecule has 8 heteroatoms. The number of carbonyl (C=O) groups is 1. The predicted octanol–water partition coefficient (Wildman–Crippen LogP) is -0.629. The zero-order chi connectivity index (χ0) is 13.7. The van der Waals surface area contributed by atoms with E-state index in [1.165, 1.54) is 0 Å². The highest BCUT2D eigenvalue weighted by Gasteiger charge is 2.47. The molecule has 1 aliphatic carbocycles. The molecule has 6 nitrogen and oxygen atoms in total. The van der Waals surface area contributed by atoms with E-state index in [4.69, 9.17) is 20.2 Å². The summed E-state index contributed by atoms with van der Waals surface area (Å²) < 4.78 is 13.2. The van der Waals surface area contributed by atoms with Crippen LogP contribution in [0.2, 0.25) is 5.82 Å². The summed E-state index contributed by atoms with van der Waals surface area (Å²) in [5.74, 6) is -5.37. The maximum absolute atomic E-state index is 13.2. The van der Waals surface area contributed by atoms with Crippen LogP contribution in [0.5, 0.6) is 5.75 Å². The zero-order valence-electron chi connectivity index (χ0n) is 9.08. The SMILES string of the molecule is O=C(O)c1c(F)ccc([C@H]2C[C@H]2[B-](O)(O)O)c1[O-]. The number of hydrogen-bond acceptors (Lipinski definition) is 5. The van der Waals surface area contributed by atoms with Gasteiger partial charge >= 0.3 is 12.7 Å². The van der Waals surface area contributed by atoms with Gasteiger partial charge in [0.15, 0.2) is 0 Å². The van der Waals surface area contributed by atoms with Crippen LogP contribution in [0.4, 0.5) is 4.39 Å². The van der Waals surface area contributed by atoms with Crippen molar-refractivity contribution in [1.82, 2.24) is 0 Å². The fraction of sp³-hybridized carbons (Fsp3) is 0.300. The number of aromatic carboxylic acids is 1. The first-order chi connectivity index (χ1) is 8.23. The van der Waals surface area contributed by atoms with Crippen LogP contribution in [0, 0.1) is 5.82 Å². The van der Waals surface area contributed by atoms with E-state index in [1.807, 2.05) is 0 Å². The third-order valence-corrected chi connectivity index (χ3v) is 3.16. The van der Waals surface area contributed by atoms with E-state index in [0.29, 0.717) is 0 Å². The van der Waals surface area contributed by atoms with Crippen LogP contribution in [-0.4, -0.2) is 32.9 Å². The summed E-state index contributed by atoms with van der Waals surface area (Å²) in [7, 11) is 0. The standard InChI is InChI=1S/C10H11BFO6/c12-7-2-1-4(9(13)8(7)10(14)15)5-3-6(5)11(16,17)18/h1-2,5-6,13,16-18H,3H2,(H,14,15)/q-1/p-1/t5-,6-/m1/s1. The Morgan fingerprint density at radius 3 is 2.44 bits per heavy atom. The molecule has 0 radical (unpaired) electrons. The first kappa shape index (κ1) is 12.8. The van der Waals surface area contributed by atoms with Crippen LogP contribution < -0.4 is 5.11 Å². The van der Waals surface area contributed by atoms with Gasteiger partial charge in [-0.3, -0.25) is 0 Å². The van der Waals surface area contributed by atoms with Crippen LogP contribution in [-0.2, 0) is 0 Å². The molecule has 98 valence electrons. The van der Waals surface area contributed by atoms with Crippen LogP contribution >= 0.6 is 0 Å². The van der Waals surface area contributed by atoms with Gasteiger partial charge in [0.25, 0.3) is 0 Å². The number of carboxylic acids is 1. The van der Waals surface area contributed by atoms with E-state index in [9.17, 15) is 14.3 Å². The van der Waals surface area contributed by atoms with Gasteiger partial charge in [-0.15, -0.1) is 0 Å². The van der Waals surface area contributed by atoms with Crippen LogP contribution in [0.1, 0.15) is 28.3 Å². The summed E-state index contributed by atoms with van der Waals surface area (Å²) in [5, 5.41) is 47.4. The summed E-state index contributed by atoms with van der Waals surface area (Å²) in [4.78, 5) is 10.7. The second-order valence-corrected chi connectivity index (χ2v) is 4.45. The van der Waals surface area contributed by atoms with Crippen LogP contribution in [0.25, 0.3) is 0 Å². The van der Waals surface area contributed by atoms with Gasteiger partial charge in [0, 0.05) is 0 Å². The molecule has 1 saturated carbocycles. The minimum atomic E-state index is -3.56. The van der Waals surface area contributed by atoms with Crippen LogP contribution in [0.3, 0.4) is 0 Å². The molecule has 0 bridgehead atoms. The van der Waals surface area contributed by atoms with E-state index in [1.54, 1.807) is 0 Å². The molecule has 0 aliphatic heterocycles. The molecule has 1 fully saturated rings. The topological polar surface area (TPSA) is 121 Å². The van der Waals surface area contributed by atoms with Crippen molar-refractivity contribution in [3.63, 3.8) is 0 Å². The fourth-order valence-corrected chi connectivity index (χ4v) is 2.13. The molecule has 0 unspecified atom stereocenters. The van der Waals surface area contributed by atoms with E-state index in [2.05, 4.69) is 0 Å². The lowest BCUT2D eigenvalue weighted by Crippen LogP contribution is -2.35. The molecule has 0 saturated heterocycles. The van der Waals surface area contributed by atoms with Crippen molar-refractivity contribution in [3.05, 3.63) is 29.1 Å². The Morgan fingerprint density at radius 1 is 1.39 bits per heavy atom. The highest BCUT2D eigenvalue weighted by atomic mass is 19.1. The van der Waals surface area contributed by atoms with E-state index < -0.39 is 41.6 Å². The largest absolute Gasteiger partial charge is 0.872 e. The Morgan fingerprint density at radius 2 is 2.00 bits per heavy atom. The molecule has 0 spiro atoms. The summed E-state index contributed by atoms with van der Waals surface area (Å²) in [6, 6.07) is 1.95. The third kappa shape index (κ3) is 2.05. The molecule has 0 aromatic heterocycles. The van der Waals surface area contributed by atoms with Crippen molar-refractivity contribution in [2.24, 2.45) is 0 Å². The van der Waals surface area contributed by atoms with Gasteiger partial charge in [0.2, 0.25) is 0 Å². The first-order valence-electron chi connectivity index (χ1n) is 5.28. The van der Waals surface area contributed by atoms with E-state index in [-0.39, 0.29) is 12.0 Å². The van der Waals surface area contributed by atoms with Crippen molar-refractivity contribution < 1.29 is 34.5 Å². The minimum Gasteiger partial charge on any atom is -0.872 e. The Balaban J connectivity index is 2.38. The Bertz CT molecular complexity index is 512. The van der Waals surface area contributed by atoms with Gasteiger partial charge in [0.1, 0.15) is 5.82 Å². The van der Waals surface area contributed by atoms with Gasteiger partial charge in [-0.05, 0) is 12.0 Å². The number of rotatable bonds is 3. The number of hydrogen-bond donors (Lipinski definition) is 4. The smallest absolute Gasteiger partial charge is 0.375 e. The second-order valence-electron chi connectivity index (χ2n) is 4.45. The molecule has 4 N–H and O–H groups in total. The molecule has 1 aromatic carbocycles. The molecule has 0 amide bonds. The lowest BCUT2D eigenvalue weighted by Gasteiger charge is -2.22. The number of benzene rings is 1. The van der Waals surface area contributed by atoms with Crippen molar-refractivity contribution in [2.45, 2.75) is 18.2 Å². The fourth-order valence-electron chi connectivity index (χ4n) is 2.13. The molecule has 1 aromatic rings. The van der Waals surface area contributed by atoms with Crippen LogP contribution in [0.15, 0.2) is 12.1 Å². The van der Waals surface area contributed by atoms with Gasteiger partial charge in [-0.1, -0.05) is 29.6 Å². The Hall–Kier alpha value is -1.64. The molecular weight excluding hydrogens is 246 g/mol. The van der Waals surface area contributed by atoms with Crippen molar-refractivity contribution in [3.8, 4) is 5.75 Å². The predicted molar refractivity (Wildman–Crippen MR) is 56.3 cm³/mol. The second kappa shape index (κ2) is 3.94. The lowest BCUT2D eigenvalue weighted by molar-refractivity contribution is -0.270. The summed E-state index contributed by atoms with van der Waals surface area (Å²) in [5.41, 5.74) is -0.993. The lowest BCUT2D eigenvalue weighted by atomic mass is 9.71. The zero-order valence-corrected chi connectivity index (χ0v) is 9.08. The summed E-state index contributed by atoms with van der Waals surface area (Å²) in [6.07, 6.45) is 0.142. The average Bonchev–Trinajstić information content (AvgIpc) is 2.96. The van der Waals surface area contributed by atoms with Gasteiger partial charge in [0.05, 0.1) is 5.56 Å². The molecule has 18 heavy (non-hydrogen) atoms. The summed E-state index contributed by atoms with van der Waals surface area (Å²) in [6.45, 7) is -3.56. The molecular formula is C10H10BFO6-2. The molecule has 2 atom stereocenters. The summed E-state index contributed by atoms with van der Waals surface area (Å²) >= 11 is 0. The molecule has 2 rings (SSSR count). The quantitative estimate of drug-likeness (QED) is 0.534. The van der Waals surface area contributed by atoms with Crippen molar-refractivity contribution in [1.29, 1.82) is 0 Å². The van der Waals surface area contributed by atoms with Gasteiger partial charge in [-0.25, -0.2) is 9.18 Å². The number of carboxylic acid groups (broad SMARTS) is 1. The Labute approximate surface area is 101 Å². The average molecular weight is 256 g/mol. The normalized spacial score (nSPS) is 22.9. The Kier molecular flexibility index (Phi) is 2.80. The van der Waals surface area contributed by atoms with Gasteiger partial charge < -0.3 is 25.3 Å². The molecule has 1 aliphatic rings. The van der Waals surface area contributed by atoms with E-state index in [0.717, 1.165) is 12.1 Å². The first-order valence-corrected chi connectivity index (χ1v) is 5.28. The maximum Gasteiger partial charge on any atom is 0.375 e. The number of halogens is 1. The highest BCUT2D eigenvalue weighted by Crippen LogP contribution is 2.58. The molecule has 0 heterocycles. The third-order valence-electron chi connectivity index (χ3n) is 3.16. The van der Waals surface area contributed by atoms with E-state index >= 15 is 0 Å². The minimum absolute atomic E-state index is 0.0257. The monoisotopic (exact) mass is 256 g/mol. The maximum atomic E-state index is 13.2. The highest BCUT2D eigenvalue weighted by molar-refractivity contribution is 6.59. The van der Waals surface area contributed by atoms with Crippen molar-refractivity contribution in [2.75, 3.05) is 0 Å². The van der Waals surface area contributed by atoms with Gasteiger partial charge in [-0.2, -0.15) is 0 Å².